The van der Waals surface area contributed by atoms with E-state index in [0.29, 0.717) is 35.7 Å². The summed E-state index contributed by atoms with van der Waals surface area (Å²) >= 11 is 6.38. The van der Waals surface area contributed by atoms with Crippen molar-refractivity contribution in [3.05, 3.63) is 95.0 Å². The average molecular weight is 584 g/mol. The second kappa shape index (κ2) is 14.3. The molecular formula is C31H38ClN3O4S. The van der Waals surface area contributed by atoms with Gasteiger partial charge < -0.3 is 10.2 Å². The second-order valence-corrected chi connectivity index (χ2v) is 12.4. The lowest BCUT2D eigenvalue weighted by molar-refractivity contribution is -0.139. The molecule has 3 aromatic rings. The third-order valence-corrected chi connectivity index (χ3v) is 8.86. The highest BCUT2D eigenvalue weighted by atomic mass is 35.5. The van der Waals surface area contributed by atoms with Crippen molar-refractivity contribution in [2.75, 3.05) is 23.9 Å². The summed E-state index contributed by atoms with van der Waals surface area (Å²) in [6, 6.07) is 21.9. The van der Waals surface area contributed by atoms with E-state index in [1.807, 2.05) is 51.1 Å². The molecule has 3 rings (SSSR count). The maximum atomic E-state index is 14.1. The summed E-state index contributed by atoms with van der Waals surface area (Å²) in [6.07, 6.45) is 0.897. The Morgan fingerprint density at radius 3 is 2.15 bits per heavy atom. The second-order valence-electron chi connectivity index (χ2n) is 10.1. The van der Waals surface area contributed by atoms with Gasteiger partial charge in [0.2, 0.25) is 11.8 Å². The molecule has 2 amide bonds. The maximum absolute atomic E-state index is 14.1. The summed E-state index contributed by atoms with van der Waals surface area (Å²) in [6.45, 7) is 7.81. The number of amides is 2. The van der Waals surface area contributed by atoms with Gasteiger partial charge in [0.15, 0.2) is 0 Å². The average Bonchev–Trinajstić information content (AvgIpc) is 2.95. The Kier molecular flexibility index (Phi) is 11.2. The van der Waals surface area contributed by atoms with Crippen molar-refractivity contribution in [3.63, 3.8) is 0 Å². The zero-order valence-electron chi connectivity index (χ0n) is 23.5. The van der Waals surface area contributed by atoms with Crippen molar-refractivity contribution in [2.45, 2.75) is 51.5 Å². The summed E-state index contributed by atoms with van der Waals surface area (Å²) in [7, 11) is -4.14. The minimum atomic E-state index is -4.14. The molecule has 3 aromatic carbocycles. The number of halogens is 1. The summed E-state index contributed by atoms with van der Waals surface area (Å²) in [4.78, 5) is 28.9. The first kappa shape index (κ1) is 31.2. The van der Waals surface area contributed by atoms with E-state index in [1.165, 1.54) is 17.0 Å². The van der Waals surface area contributed by atoms with Crippen molar-refractivity contribution < 1.29 is 18.0 Å². The molecule has 0 saturated carbocycles. The minimum Gasteiger partial charge on any atom is -0.354 e. The topological polar surface area (TPSA) is 86.8 Å². The van der Waals surface area contributed by atoms with E-state index in [9.17, 15) is 18.0 Å². The largest absolute Gasteiger partial charge is 0.354 e. The fraction of sp³-hybridized carbons (Fsp3) is 0.355. The minimum absolute atomic E-state index is 0.0553. The molecule has 0 radical (unpaired) electrons. The Labute approximate surface area is 243 Å². The molecule has 0 aromatic heterocycles. The Morgan fingerprint density at radius 2 is 1.55 bits per heavy atom. The van der Waals surface area contributed by atoms with Gasteiger partial charge in [-0.2, -0.15) is 0 Å². The van der Waals surface area contributed by atoms with Crippen LogP contribution in [0.15, 0.2) is 83.8 Å². The van der Waals surface area contributed by atoms with Crippen LogP contribution in [-0.4, -0.2) is 50.8 Å². The van der Waals surface area contributed by atoms with Gasteiger partial charge in [-0.05, 0) is 61.1 Å². The van der Waals surface area contributed by atoms with Crippen molar-refractivity contribution in [2.24, 2.45) is 5.92 Å². The Balaban J connectivity index is 2.02. The molecule has 0 aliphatic heterocycles. The monoisotopic (exact) mass is 583 g/mol. The first-order valence-electron chi connectivity index (χ1n) is 13.5. The van der Waals surface area contributed by atoms with Crippen LogP contribution in [0.5, 0.6) is 0 Å². The van der Waals surface area contributed by atoms with Gasteiger partial charge >= 0.3 is 0 Å². The van der Waals surface area contributed by atoms with Gasteiger partial charge in [-0.1, -0.05) is 87.0 Å². The van der Waals surface area contributed by atoms with E-state index in [0.717, 1.165) is 9.87 Å². The molecular weight excluding hydrogens is 546 g/mol. The lowest BCUT2D eigenvalue weighted by Gasteiger charge is -2.33. The highest BCUT2D eigenvalue weighted by molar-refractivity contribution is 7.92. The predicted molar refractivity (Wildman–Crippen MR) is 161 cm³/mol. The smallest absolute Gasteiger partial charge is 0.264 e. The van der Waals surface area contributed by atoms with Crippen molar-refractivity contribution >= 4 is 39.1 Å². The number of sulfonamides is 1. The molecule has 0 fully saturated rings. The normalized spacial score (nSPS) is 12.2. The lowest BCUT2D eigenvalue weighted by atomic mass is 10.1. The molecule has 1 N–H and O–H groups in total. The third kappa shape index (κ3) is 7.86. The van der Waals surface area contributed by atoms with Crippen molar-refractivity contribution in [3.8, 4) is 0 Å². The predicted octanol–water partition coefficient (Wildman–Crippen LogP) is 5.47. The lowest BCUT2D eigenvalue weighted by Crippen LogP contribution is -2.53. The van der Waals surface area contributed by atoms with Crippen LogP contribution in [0.3, 0.4) is 0 Å². The number of carbonyl (C=O) groups excluding carboxylic acids is 2. The molecule has 0 aliphatic rings. The van der Waals surface area contributed by atoms with E-state index in [4.69, 9.17) is 11.6 Å². The van der Waals surface area contributed by atoms with Gasteiger partial charge in [-0.3, -0.25) is 13.9 Å². The quantitative estimate of drug-likeness (QED) is 0.289. The summed E-state index contributed by atoms with van der Waals surface area (Å²) in [5, 5.41) is 3.33. The van der Waals surface area contributed by atoms with Gasteiger partial charge in [0.05, 0.1) is 10.6 Å². The molecule has 0 bridgehead atoms. The molecule has 0 heterocycles. The van der Waals surface area contributed by atoms with Gasteiger partial charge in [-0.25, -0.2) is 8.42 Å². The standard InChI is InChI=1S/C31H38ClN3O4S/c1-5-28(31(37)33-21-23(2)3)34(20-19-25-13-8-6-9-14-25)30(36)22-35(29-18-12-17-27(32)24(29)4)40(38,39)26-15-10-7-11-16-26/h6-18,23,28H,5,19-22H2,1-4H3,(H,33,37)/t28-/m0/s1. The van der Waals surface area contributed by atoms with E-state index < -0.39 is 28.5 Å². The number of benzene rings is 3. The molecule has 40 heavy (non-hydrogen) atoms. The van der Waals surface area contributed by atoms with E-state index in [-0.39, 0.29) is 23.3 Å². The van der Waals surface area contributed by atoms with Crippen LogP contribution in [0, 0.1) is 12.8 Å². The van der Waals surface area contributed by atoms with Crippen LogP contribution in [-0.2, 0) is 26.0 Å². The fourth-order valence-corrected chi connectivity index (χ4v) is 6.08. The Hall–Kier alpha value is -3.36. The summed E-state index contributed by atoms with van der Waals surface area (Å²) < 4.78 is 28.9. The Morgan fingerprint density at radius 1 is 0.925 bits per heavy atom. The molecule has 0 spiro atoms. The number of hydrogen-bond donors (Lipinski definition) is 1. The Bertz CT molecular complexity index is 1380. The van der Waals surface area contributed by atoms with Crippen molar-refractivity contribution in [1.29, 1.82) is 0 Å². The summed E-state index contributed by atoms with van der Waals surface area (Å²) in [5.74, 6) is -0.484. The molecule has 0 saturated heterocycles. The molecule has 1 atom stereocenters. The molecule has 0 aliphatic carbocycles. The molecule has 214 valence electrons. The SMILES string of the molecule is CC[C@@H](C(=O)NCC(C)C)N(CCc1ccccc1)C(=O)CN(c1cccc(Cl)c1C)S(=O)(=O)c1ccccc1. The van der Waals surface area contributed by atoms with Gasteiger partial charge in [0.1, 0.15) is 12.6 Å². The van der Waals surface area contributed by atoms with Crippen LogP contribution >= 0.6 is 11.6 Å². The number of nitrogens with zero attached hydrogens (tertiary/aromatic N) is 2. The molecule has 0 unspecified atom stereocenters. The number of rotatable bonds is 13. The third-order valence-electron chi connectivity index (χ3n) is 6.67. The van der Waals surface area contributed by atoms with Gasteiger partial charge in [0.25, 0.3) is 10.0 Å². The van der Waals surface area contributed by atoms with Gasteiger partial charge in [-0.15, -0.1) is 0 Å². The molecule has 9 heteroatoms. The van der Waals surface area contributed by atoms with E-state index >= 15 is 0 Å². The van der Waals surface area contributed by atoms with Crippen LogP contribution in [0.2, 0.25) is 5.02 Å². The number of carbonyl (C=O) groups is 2. The first-order chi connectivity index (χ1) is 19.1. The van der Waals surface area contributed by atoms with Crippen molar-refractivity contribution in [1.82, 2.24) is 10.2 Å². The van der Waals surface area contributed by atoms with E-state index in [1.54, 1.807) is 43.3 Å². The zero-order chi connectivity index (χ0) is 29.3. The molecule has 7 nitrogen and oxygen atoms in total. The number of hydrogen-bond acceptors (Lipinski definition) is 4. The summed E-state index contributed by atoms with van der Waals surface area (Å²) in [5.41, 5.74) is 1.86. The van der Waals surface area contributed by atoms with Crippen LogP contribution in [0.25, 0.3) is 0 Å². The highest BCUT2D eigenvalue weighted by Gasteiger charge is 2.34. The fourth-order valence-electron chi connectivity index (χ4n) is 4.42. The number of nitrogens with one attached hydrogen (secondary N) is 1. The van der Waals surface area contributed by atoms with Crippen LogP contribution < -0.4 is 9.62 Å². The first-order valence-corrected chi connectivity index (χ1v) is 15.3. The zero-order valence-corrected chi connectivity index (χ0v) is 25.1. The van der Waals surface area contributed by atoms with E-state index in [2.05, 4.69) is 5.32 Å². The van der Waals surface area contributed by atoms with Crippen LogP contribution in [0.1, 0.15) is 38.3 Å². The van der Waals surface area contributed by atoms with Crippen LogP contribution in [0.4, 0.5) is 5.69 Å². The van der Waals surface area contributed by atoms with Gasteiger partial charge in [0, 0.05) is 18.1 Å². The highest BCUT2D eigenvalue weighted by Crippen LogP contribution is 2.31. The maximum Gasteiger partial charge on any atom is 0.264 e. The number of anilines is 1.